The van der Waals surface area contributed by atoms with E-state index < -0.39 is 0 Å². The average Bonchev–Trinajstić information content (AvgIpc) is 2.50. The van der Waals surface area contributed by atoms with Gasteiger partial charge in [-0.05, 0) is 82.3 Å². The van der Waals surface area contributed by atoms with E-state index in [1.54, 1.807) is 6.07 Å². The summed E-state index contributed by atoms with van der Waals surface area (Å²) in [5.74, 6) is 1.63. The maximum atomic E-state index is 12.9. The van der Waals surface area contributed by atoms with E-state index in [1.807, 2.05) is 19.1 Å². The zero-order chi connectivity index (χ0) is 18.6. The van der Waals surface area contributed by atoms with Gasteiger partial charge in [0.15, 0.2) is 0 Å². The number of carbonyl (C=O) groups excluding carboxylic acids is 2. The molecule has 0 radical (unpaired) electrons. The number of rotatable bonds is 4. The Labute approximate surface area is 160 Å². The number of pyridine rings is 1. The molecule has 0 saturated heterocycles. The van der Waals surface area contributed by atoms with Gasteiger partial charge in [-0.15, -0.1) is 0 Å². The first kappa shape index (κ1) is 17.2. The third-order valence-electron chi connectivity index (χ3n) is 7.43. The zero-order valence-electron chi connectivity index (χ0n) is 16.1. The predicted molar refractivity (Wildman–Crippen MR) is 102 cm³/mol. The minimum Gasteiger partial charge on any atom is -0.350 e. The lowest BCUT2D eigenvalue weighted by Crippen LogP contribution is -2.70. The Morgan fingerprint density at radius 3 is 2.30 bits per heavy atom. The van der Waals surface area contributed by atoms with Gasteiger partial charge in [-0.1, -0.05) is 12.5 Å². The second-order valence-corrected chi connectivity index (χ2v) is 9.76. The molecule has 0 aliphatic heterocycles. The zero-order valence-corrected chi connectivity index (χ0v) is 16.1. The van der Waals surface area contributed by atoms with Crippen LogP contribution in [-0.2, 0) is 4.79 Å². The summed E-state index contributed by atoms with van der Waals surface area (Å²) >= 11 is 0. The molecule has 0 aromatic carbocycles. The van der Waals surface area contributed by atoms with Crippen molar-refractivity contribution in [1.29, 1.82) is 0 Å². The van der Waals surface area contributed by atoms with Gasteiger partial charge in [0.25, 0.3) is 5.91 Å². The van der Waals surface area contributed by atoms with Crippen molar-refractivity contribution >= 4 is 11.8 Å². The molecule has 1 heterocycles. The van der Waals surface area contributed by atoms with Crippen molar-refractivity contribution in [2.75, 3.05) is 0 Å². The van der Waals surface area contributed by atoms with Gasteiger partial charge in [0, 0.05) is 22.7 Å². The van der Waals surface area contributed by atoms with Gasteiger partial charge in [-0.3, -0.25) is 9.59 Å². The summed E-state index contributed by atoms with van der Waals surface area (Å²) in [6.45, 7) is 1.91. The number of aromatic nitrogens is 1. The second-order valence-electron chi connectivity index (χ2n) is 9.76. The van der Waals surface area contributed by atoms with Crippen LogP contribution < -0.4 is 10.6 Å². The molecule has 5 heteroatoms. The van der Waals surface area contributed by atoms with Crippen LogP contribution in [0, 0.1) is 24.7 Å². The molecule has 5 aliphatic rings. The van der Waals surface area contributed by atoms with Crippen molar-refractivity contribution < 1.29 is 9.59 Å². The molecule has 4 bridgehead atoms. The quantitative estimate of drug-likeness (QED) is 0.859. The van der Waals surface area contributed by atoms with E-state index in [2.05, 4.69) is 15.6 Å². The van der Waals surface area contributed by atoms with Gasteiger partial charge in [0.05, 0.1) is 0 Å². The SMILES string of the molecule is Cc1cccc(C(=O)NC23CC4CC(C2)CC(NC(=O)C2CCC2)(C4)C3)n1. The number of aryl methyl sites for hydroxylation is 1. The minimum atomic E-state index is -0.181. The number of carbonyl (C=O) groups is 2. The van der Waals surface area contributed by atoms with Crippen molar-refractivity contribution in [2.24, 2.45) is 17.8 Å². The van der Waals surface area contributed by atoms with E-state index in [1.165, 1.54) is 12.8 Å². The third-order valence-corrected chi connectivity index (χ3v) is 7.43. The predicted octanol–water partition coefficient (Wildman–Crippen LogP) is 3.13. The lowest BCUT2D eigenvalue weighted by atomic mass is 9.49. The fraction of sp³-hybridized carbons (Fsp3) is 0.682. The van der Waals surface area contributed by atoms with Crippen LogP contribution in [-0.4, -0.2) is 27.9 Å². The van der Waals surface area contributed by atoms with Crippen molar-refractivity contribution in [3.05, 3.63) is 29.6 Å². The van der Waals surface area contributed by atoms with Crippen LogP contribution in [0.3, 0.4) is 0 Å². The van der Waals surface area contributed by atoms with E-state index in [-0.39, 0.29) is 28.8 Å². The maximum absolute atomic E-state index is 12.9. The van der Waals surface area contributed by atoms with Gasteiger partial charge in [0.2, 0.25) is 5.91 Å². The Balaban J connectivity index is 1.36. The van der Waals surface area contributed by atoms with Crippen LogP contribution in [0.25, 0.3) is 0 Å². The highest BCUT2D eigenvalue weighted by Crippen LogP contribution is 2.57. The Morgan fingerprint density at radius 1 is 1.04 bits per heavy atom. The van der Waals surface area contributed by atoms with Crippen LogP contribution in [0.2, 0.25) is 0 Å². The molecule has 144 valence electrons. The number of hydrogen-bond acceptors (Lipinski definition) is 3. The number of nitrogens with one attached hydrogen (secondary N) is 2. The van der Waals surface area contributed by atoms with Crippen molar-refractivity contribution in [3.8, 4) is 0 Å². The van der Waals surface area contributed by atoms with Crippen LogP contribution in [0.1, 0.15) is 74.0 Å². The molecule has 5 fully saturated rings. The fourth-order valence-corrected chi connectivity index (χ4v) is 6.56. The average molecular weight is 367 g/mol. The molecule has 1 aromatic rings. The smallest absolute Gasteiger partial charge is 0.270 e. The van der Waals surface area contributed by atoms with Crippen molar-refractivity contribution in [3.63, 3.8) is 0 Å². The Kier molecular flexibility index (Phi) is 3.85. The molecule has 2 amide bonds. The summed E-state index contributed by atoms with van der Waals surface area (Å²) in [6, 6.07) is 5.58. The largest absolute Gasteiger partial charge is 0.350 e. The lowest BCUT2D eigenvalue weighted by Gasteiger charge is -2.62. The minimum absolute atomic E-state index is 0.0684. The number of amides is 2. The highest BCUT2D eigenvalue weighted by atomic mass is 16.2. The third kappa shape index (κ3) is 3.05. The van der Waals surface area contributed by atoms with Crippen LogP contribution >= 0.6 is 0 Å². The molecule has 5 nitrogen and oxygen atoms in total. The molecule has 5 aliphatic carbocycles. The molecule has 2 N–H and O–H groups in total. The molecule has 5 saturated carbocycles. The van der Waals surface area contributed by atoms with Gasteiger partial charge in [-0.2, -0.15) is 0 Å². The summed E-state index contributed by atoms with van der Waals surface area (Å²) < 4.78 is 0. The summed E-state index contributed by atoms with van der Waals surface area (Å²) in [5, 5.41) is 6.84. The van der Waals surface area contributed by atoms with Crippen LogP contribution in [0.4, 0.5) is 0 Å². The van der Waals surface area contributed by atoms with Gasteiger partial charge < -0.3 is 10.6 Å². The molecule has 2 atom stereocenters. The monoisotopic (exact) mass is 367 g/mol. The molecular formula is C22H29N3O2. The van der Waals surface area contributed by atoms with Gasteiger partial charge in [-0.25, -0.2) is 4.98 Å². The topological polar surface area (TPSA) is 71.1 Å². The van der Waals surface area contributed by atoms with E-state index in [4.69, 9.17) is 0 Å². The van der Waals surface area contributed by atoms with Crippen LogP contribution in [0.15, 0.2) is 18.2 Å². The van der Waals surface area contributed by atoms with E-state index >= 15 is 0 Å². The molecule has 27 heavy (non-hydrogen) atoms. The fourth-order valence-electron chi connectivity index (χ4n) is 6.56. The number of nitrogens with zero attached hydrogens (tertiary/aromatic N) is 1. The first-order chi connectivity index (χ1) is 12.9. The first-order valence-corrected chi connectivity index (χ1v) is 10.5. The summed E-state index contributed by atoms with van der Waals surface area (Å²) in [7, 11) is 0. The second kappa shape index (κ2) is 6.05. The normalized spacial score (nSPS) is 36.9. The Bertz CT molecular complexity index is 772. The molecule has 1 aromatic heterocycles. The molecular weight excluding hydrogens is 338 g/mol. The molecule has 6 rings (SSSR count). The Hall–Kier alpha value is -1.91. The summed E-state index contributed by atoms with van der Waals surface area (Å²) in [6.07, 6.45) is 9.64. The maximum Gasteiger partial charge on any atom is 0.270 e. The van der Waals surface area contributed by atoms with Crippen LogP contribution in [0.5, 0.6) is 0 Å². The van der Waals surface area contributed by atoms with E-state index in [0.29, 0.717) is 17.5 Å². The van der Waals surface area contributed by atoms with Gasteiger partial charge >= 0.3 is 0 Å². The highest BCUT2D eigenvalue weighted by molar-refractivity contribution is 5.93. The standard InChI is InChI=1S/C22H29N3O2/c1-14-4-2-7-18(23-14)20(27)25-22-11-15-8-16(12-22)10-21(9-15,13-22)24-19(26)17-5-3-6-17/h2,4,7,15-17H,3,5-6,8-13H2,1H3,(H,24,26)(H,25,27). The first-order valence-electron chi connectivity index (χ1n) is 10.5. The number of hydrogen-bond donors (Lipinski definition) is 2. The summed E-state index contributed by atoms with van der Waals surface area (Å²) in [5.41, 5.74) is 1.07. The van der Waals surface area contributed by atoms with Gasteiger partial charge in [0.1, 0.15) is 5.69 Å². The van der Waals surface area contributed by atoms with E-state index in [0.717, 1.165) is 50.6 Å². The Morgan fingerprint density at radius 2 is 1.70 bits per heavy atom. The summed E-state index contributed by atoms with van der Waals surface area (Å²) in [4.78, 5) is 30.0. The van der Waals surface area contributed by atoms with Crippen molar-refractivity contribution in [1.82, 2.24) is 15.6 Å². The highest BCUT2D eigenvalue weighted by Gasteiger charge is 2.59. The molecule has 2 unspecified atom stereocenters. The lowest BCUT2D eigenvalue weighted by molar-refractivity contribution is -0.134. The molecule has 0 spiro atoms. The van der Waals surface area contributed by atoms with E-state index in [9.17, 15) is 9.59 Å². The van der Waals surface area contributed by atoms with Crippen molar-refractivity contribution in [2.45, 2.75) is 75.8 Å².